The van der Waals surface area contributed by atoms with Crippen molar-refractivity contribution in [3.05, 3.63) is 89.5 Å². The monoisotopic (exact) mass is 393 g/mol. The van der Waals surface area contributed by atoms with Crippen molar-refractivity contribution in [3.8, 4) is 17.2 Å². The molecule has 0 spiro atoms. The molecule has 0 radical (unpaired) electrons. The normalized spacial score (nSPS) is 11.5. The highest BCUT2D eigenvalue weighted by atomic mass is 16.5. The quantitative estimate of drug-likeness (QED) is 0.572. The third-order valence-electron chi connectivity index (χ3n) is 4.35. The summed E-state index contributed by atoms with van der Waals surface area (Å²) in [5.74, 6) is -0.0152. The van der Waals surface area contributed by atoms with E-state index < -0.39 is 12.0 Å². The molecule has 29 heavy (non-hydrogen) atoms. The third kappa shape index (κ3) is 5.27. The Kier molecular flexibility index (Phi) is 6.71. The van der Waals surface area contributed by atoms with E-state index in [9.17, 15) is 9.90 Å². The van der Waals surface area contributed by atoms with Crippen LogP contribution in [0.3, 0.4) is 0 Å². The molecule has 0 bridgehead atoms. The fraction of sp³-hybridized carbons (Fsp3) is 0.174. The van der Waals surface area contributed by atoms with Crippen LogP contribution in [0.15, 0.2) is 72.8 Å². The fourth-order valence-corrected chi connectivity index (χ4v) is 2.81. The zero-order valence-corrected chi connectivity index (χ0v) is 16.1. The zero-order chi connectivity index (χ0) is 20.6. The van der Waals surface area contributed by atoms with Gasteiger partial charge in [0.2, 0.25) is 5.75 Å². The maximum absolute atomic E-state index is 11.4. The molecule has 0 saturated heterocycles. The first-order valence-electron chi connectivity index (χ1n) is 9.12. The van der Waals surface area contributed by atoms with Gasteiger partial charge in [0, 0.05) is 0 Å². The Hall–Kier alpha value is -3.51. The highest BCUT2D eigenvalue weighted by Gasteiger charge is 2.21. The molecule has 6 nitrogen and oxygen atoms in total. The Morgan fingerprint density at radius 3 is 1.72 bits per heavy atom. The van der Waals surface area contributed by atoms with Crippen LogP contribution in [0.25, 0.3) is 0 Å². The molecule has 150 valence electrons. The standard InChI is InChI=1S/C23H23NO5/c1-27-22-19(28-14-16-8-4-2-5-9-16)12-18(21(24)23(25)26)13-20(22)29-15-17-10-6-3-7-11-17/h2-13,21H,14-15,24H2,1H3,(H,25,26)/t21-/m0/s1. The van der Waals surface area contributed by atoms with Gasteiger partial charge < -0.3 is 25.1 Å². The predicted molar refractivity (Wildman–Crippen MR) is 109 cm³/mol. The van der Waals surface area contributed by atoms with Gasteiger partial charge in [-0.1, -0.05) is 60.7 Å². The molecule has 0 unspecified atom stereocenters. The molecule has 0 aliphatic heterocycles. The third-order valence-corrected chi connectivity index (χ3v) is 4.35. The van der Waals surface area contributed by atoms with Crippen LogP contribution in [0.5, 0.6) is 17.2 Å². The van der Waals surface area contributed by atoms with Gasteiger partial charge in [0.25, 0.3) is 0 Å². The summed E-state index contributed by atoms with van der Waals surface area (Å²) in [6, 6.07) is 21.2. The molecule has 6 heteroatoms. The summed E-state index contributed by atoms with van der Waals surface area (Å²) in [5.41, 5.74) is 8.13. The minimum absolute atomic E-state index is 0.293. The molecule has 0 aliphatic carbocycles. The van der Waals surface area contributed by atoms with Crippen LogP contribution in [0.2, 0.25) is 0 Å². The predicted octanol–water partition coefficient (Wildman–Crippen LogP) is 3.94. The number of nitrogens with two attached hydrogens (primary N) is 1. The summed E-state index contributed by atoms with van der Waals surface area (Å²) >= 11 is 0. The van der Waals surface area contributed by atoms with Crippen LogP contribution in [0, 0.1) is 0 Å². The summed E-state index contributed by atoms with van der Waals surface area (Å²) in [6.45, 7) is 0.585. The number of hydrogen-bond acceptors (Lipinski definition) is 5. The van der Waals surface area contributed by atoms with Gasteiger partial charge in [0.05, 0.1) is 7.11 Å². The Morgan fingerprint density at radius 2 is 1.34 bits per heavy atom. The number of benzene rings is 3. The summed E-state index contributed by atoms with van der Waals surface area (Å²) < 4.78 is 17.4. The first kappa shape index (κ1) is 20.2. The van der Waals surface area contributed by atoms with Crippen LogP contribution in [0.4, 0.5) is 0 Å². The summed E-state index contributed by atoms with van der Waals surface area (Å²) in [5, 5.41) is 9.32. The van der Waals surface area contributed by atoms with Crippen LogP contribution < -0.4 is 19.9 Å². The SMILES string of the molecule is COc1c(OCc2ccccc2)cc([C@H](N)C(=O)O)cc1OCc1ccccc1. The van der Waals surface area contributed by atoms with Gasteiger partial charge in [-0.05, 0) is 28.8 Å². The maximum atomic E-state index is 11.4. The number of methoxy groups -OCH3 is 1. The Bertz CT molecular complexity index is 879. The van der Waals surface area contributed by atoms with E-state index in [-0.39, 0.29) is 0 Å². The van der Waals surface area contributed by atoms with Gasteiger partial charge in [0.15, 0.2) is 11.5 Å². The largest absolute Gasteiger partial charge is 0.490 e. The van der Waals surface area contributed by atoms with E-state index >= 15 is 0 Å². The highest BCUT2D eigenvalue weighted by molar-refractivity contribution is 5.76. The molecule has 0 amide bonds. The Balaban J connectivity index is 1.91. The van der Waals surface area contributed by atoms with E-state index in [0.717, 1.165) is 11.1 Å². The lowest BCUT2D eigenvalue weighted by atomic mass is 10.1. The van der Waals surface area contributed by atoms with E-state index in [4.69, 9.17) is 19.9 Å². The van der Waals surface area contributed by atoms with Gasteiger partial charge in [-0.15, -0.1) is 0 Å². The van der Waals surface area contributed by atoms with E-state index in [0.29, 0.717) is 36.0 Å². The molecule has 0 heterocycles. The minimum Gasteiger partial charge on any atom is -0.490 e. The lowest BCUT2D eigenvalue weighted by Crippen LogP contribution is -2.21. The lowest BCUT2D eigenvalue weighted by molar-refractivity contribution is -0.138. The first-order valence-corrected chi connectivity index (χ1v) is 9.12. The van der Waals surface area contributed by atoms with Crippen LogP contribution >= 0.6 is 0 Å². The number of aliphatic carboxylic acids is 1. The minimum atomic E-state index is -1.21. The van der Waals surface area contributed by atoms with Crippen molar-refractivity contribution in [3.63, 3.8) is 0 Å². The second kappa shape index (κ2) is 9.61. The molecule has 0 aliphatic rings. The van der Waals surface area contributed by atoms with Gasteiger partial charge in [0.1, 0.15) is 19.3 Å². The second-order valence-corrected chi connectivity index (χ2v) is 6.41. The molecule has 3 rings (SSSR count). The topological polar surface area (TPSA) is 91.0 Å². The van der Waals surface area contributed by atoms with Gasteiger partial charge in [-0.3, -0.25) is 4.79 Å². The molecule has 0 aromatic heterocycles. The number of rotatable bonds is 9. The van der Waals surface area contributed by atoms with Crippen molar-refractivity contribution in [1.82, 2.24) is 0 Å². The van der Waals surface area contributed by atoms with Crippen molar-refractivity contribution in [2.45, 2.75) is 19.3 Å². The molecular weight excluding hydrogens is 370 g/mol. The van der Waals surface area contributed by atoms with E-state index in [1.165, 1.54) is 7.11 Å². The Labute approximate surface area is 169 Å². The molecule has 0 saturated carbocycles. The average Bonchev–Trinajstić information content (AvgIpc) is 2.76. The first-order chi connectivity index (χ1) is 14.1. The summed E-state index contributed by atoms with van der Waals surface area (Å²) in [7, 11) is 1.51. The number of carbonyl (C=O) groups is 1. The van der Waals surface area contributed by atoms with E-state index in [2.05, 4.69) is 0 Å². The van der Waals surface area contributed by atoms with Crippen molar-refractivity contribution < 1.29 is 24.1 Å². The summed E-state index contributed by atoms with van der Waals surface area (Å²) in [4.78, 5) is 11.4. The zero-order valence-electron chi connectivity index (χ0n) is 16.1. The Morgan fingerprint density at radius 1 is 0.897 bits per heavy atom. The molecule has 3 N–H and O–H groups in total. The van der Waals surface area contributed by atoms with Gasteiger partial charge in [-0.2, -0.15) is 0 Å². The maximum Gasteiger partial charge on any atom is 0.325 e. The molecule has 0 fully saturated rings. The molecule has 3 aromatic rings. The van der Waals surface area contributed by atoms with E-state index in [1.807, 2.05) is 60.7 Å². The second-order valence-electron chi connectivity index (χ2n) is 6.41. The number of ether oxygens (including phenoxy) is 3. The van der Waals surface area contributed by atoms with Crippen molar-refractivity contribution in [2.24, 2.45) is 5.73 Å². The van der Waals surface area contributed by atoms with Crippen LogP contribution in [-0.4, -0.2) is 18.2 Å². The number of carboxylic acid groups (broad SMARTS) is 1. The van der Waals surface area contributed by atoms with E-state index in [1.54, 1.807) is 12.1 Å². The van der Waals surface area contributed by atoms with Gasteiger partial charge >= 0.3 is 5.97 Å². The van der Waals surface area contributed by atoms with Crippen LogP contribution in [0.1, 0.15) is 22.7 Å². The molecular formula is C23H23NO5. The number of carboxylic acids is 1. The van der Waals surface area contributed by atoms with Crippen molar-refractivity contribution in [2.75, 3.05) is 7.11 Å². The van der Waals surface area contributed by atoms with Crippen molar-refractivity contribution >= 4 is 5.97 Å². The van der Waals surface area contributed by atoms with Crippen molar-refractivity contribution in [1.29, 1.82) is 0 Å². The van der Waals surface area contributed by atoms with Gasteiger partial charge in [-0.25, -0.2) is 0 Å². The lowest BCUT2D eigenvalue weighted by Gasteiger charge is -2.18. The highest BCUT2D eigenvalue weighted by Crippen LogP contribution is 2.40. The molecule has 3 aromatic carbocycles. The smallest absolute Gasteiger partial charge is 0.325 e. The fourth-order valence-electron chi connectivity index (χ4n) is 2.81. The van der Waals surface area contributed by atoms with Crippen LogP contribution in [-0.2, 0) is 18.0 Å². The summed E-state index contributed by atoms with van der Waals surface area (Å²) in [6.07, 6.45) is 0. The molecule has 1 atom stereocenters. The number of hydrogen-bond donors (Lipinski definition) is 2. The average molecular weight is 393 g/mol.